The van der Waals surface area contributed by atoms with Gasteiger partial charge in [0.2, 0.25) is 0 Å². The smallest absolute Gasteiger partial charge is 0.0758 e. The lowest BCUT2D eigenvalue weighted by molar-refractivity contribution is -0.111. The van der Waals surface area contributed by atoms with Gasteiger partial charge in [-0.05, 0) is 124 Å². The molecular weight excluding hydrogens is 342 g/mol. The molecule has 1 N–H and O–H groups in total. The molecule has 0 spiro atoms. The summed E-state index contributed by atoms with van der Waals surface area (Å²) in [4.78, 5) is 2.86. The predicted octanol–water partition coefficient (Wildman–Crippen LogP) is 5.80. The third-order valence-electron chi connectivity index (χ3n) is 10.7. The summed E-state index contributed by atoms with van der Waals surface area (Å²) in [7, 11) is 0. The third-order valence-corrected chi connectivity index (χ3v) is 10.7. The number of aliphatic hydroxyl groups is 1. The average molecular weight is 386 g/mol. The first kappa shape index (κ1) is 19.6. The molecule has 1 unspecified atom stereocenters. The molecule has 0 bridgehead atoms. The van der Waals surface area contributed by atoms with Gasteiger partial charge in [-0.2, -0.15) is 0 Å². The number of rotatable bonds is 1. The first-order valence-corrected chi connectivity index (χ1v) is 12.6. The third kappa shape index (κ3) is 2.80. The van der Waals surface area contributed by atoms with Crippen molar-refractivity contribution in [3.8, 4) is 0 Å². The van der Waals surface area contributed by atoms with E-state index in [4.69, 9.17) is 0 Å². The molecule has 2 heteroatoms. The number of aliphatic hydroxyl groups excluding tert-OH is 1. The largest absolute Gasteiger partial charge is 0.389 e. The van der Waals surface area contributed by atoms with Gasteiger partial charge in [0.15, 0.2) is 0 Å². The maximum absolute atomic E-state index is 10.8. The summed E-state index contributed by atoms with van der Waals surface area (Å²) >= 11 is 0. The summed E-state index contributed by atoms with van der Waals surface area (Å²) in [5.41, 5.74) is 2.22. The minimum atomic E-state index is -0.167. The van der Waals surface area contributed by atoms with Gasteiger partial charge in [-0.3, -0.25) is 0 Å². The van der Waals surface area contributed by atoms with Gasteiger partial charge >= 0.3 is 0 Å². The molecule has 158 valence electrons. The summed E-state index contributed by atoms with van der Waals surface area (Å²) in [6, 6.07) is 0.881. The maximum atomic E-state index is 10.8. The fourth-order valence-corrected chi connectivity index (χ4v) is 9.23. The molecule has 4 aliphatic carbocycles. The molecule has 5 rings (SSSR count). The highest BCUT2D eigenvalue weighted by Gasteiger charge is 2.60. The normalized spacial score (nSPS) is 53.5. The van der Waals surface area contributed by atoms with Crippen LogP contribution in [0.3, 0.4) is 0 Å². The lowest BCUT2D eigenvalue weighted by Gasteiger charge is -2.61. The Kier molecular flexibility index (Phi) is 4.99. The number of fused-ring (bicyclic) bond motifs is 5. The molecule has 8 atom stereocenters. The molecule has 2 nitrogen and oxygen atoms in total. The number of nitrogens with zero attached hydrogens (tertiary/aromatic N) is 1. The highest BCUT2D eigenvalue weighted by Crippen LogP contribution is 2.67. The van der Waals surface area contributed by atoms with E-state index < -0.39 is 0 Å². The van der Waals surface area contributed by atoms with Crippen LogP contribution in [0.2, 0.25) is 0 Å². The van der Waals surface area contributed by atoms with Crippen LogP contribution in [0, 0.1) is 34.5 Å². The van der Waals surface area contributed by atoms with Crippen LogP contribution >= 0.6 is 0 Å². The van der Waals surface area contributed by atoms with E-state index >= 15 is 0 Å². The van der Waals surface area contributed by atoms with Crippen molar-refractivity contribution in [1.82, 2.24) is 4.90 Å². The highest BCUT2D eigenvalue weighted by molar-refractivity contribution is 5.27. The van der Waals surface area contributed by atoms with E-state index in [0.29, 0.717) is 5.41 Å². The lowest BCUT2D eigenvalue weighted by Crippen LogP contribution is -2.55. The van der Waals surface area contributed by atoms with Crippen LogP contribution in [0.1, 0.15) is 91.4 Å². The zero-order valence-corrected chi connectivity index (χ0v) is 18.6. The summed E-state index contributed by atoms with van der Waals surface area (Å²) in [6.45, 7) is 10.1. The van der Waals surface area contributed by atoms with Gasteiger partial charge in [0.25, 0.3) is 0 Å². The van der Waals surface area contributed by atoms with Gasteiger partial charge in [0, 0.05) is 6.04 Å². The fraction of sp³-hybridized carbons (Fsp3) is 0.923. The topological polar surface area (TPSA) is 23.5 Å². The van der Waals surface area contributed by atoms with Gasteiger partial charge in [0.05, 0.1) is 6.10 Å². The van der Waals surface area contributed by atoms with Gasteiger partial charge in [-0.1, -0.05) is 26.3 Å². The van der Waals surface area contributed by atoms with E-state index in [0.717, 1.165) is 36.1 Å². The van der Waals surface area contributed by atoms with E-state index in [-0.39, 0.29) is 11.5 Å². The van der Waals surface area contributed by atoms with E-state index in [9.17, 15) is 5.11 Å². The molecule has 5 aliphatic rings. The van der Waals surface area contributed by atoms with Crippen LogP contribution < -0.4 is 0 Å². The quantitative estimate of drug-likeness (QED) is 0.577. The number of piperidine rings is 1. The average Bonchev–Trinajstić information content (AvgIpc) is 2.97. The van der Waals surface area contributed by atoms with Crippen LogP contribution in [-0.4, -0.2) is 35.2 Å². The maximum Gasteiger partial charge on any atom is 0.0758 e. The zero-order chi connectivity index (χ0) is 19.5. The molecule has 0 aromatic rings. The molecule has 0 aromatic carbocycles. The second-order valence-electron chi connectivity index (χ2n) is 11.6. The first-order chi connectivity index (χ1) is 13.5. The van der Waals surface area contributed by atoms with Gasteiger partial charge in [-0.25, -0.2) is 0 Å². The number of allylic oxidation sites excluding steroid dienone is 1. The molecule has 0 aromatic heterocycles. The Labute approximate surface area is 173 Å². The number of hydrogen-bond acceptors (Lipinski definition) is 2. The van der Waals surface area contributed by atoms with Crippen LogP contribution in [0.4, 0.5) is 0 Å². The zero-order valence-electron chi connectivity index (χ0n) is 18.6. The van der Waals surface area contributed by atoms with E-state index in [1.807, 2.05) is 0 Å². The van der Waals surface area contributed by atoms with Crippen LogP contribution in [0.15, 0.2) is 11.6 Å². The van der Waals surface area contributed by atoms with Crippen molar-refractivity contribution in [2.24, 2.45) is 34.5 Å². The molecule has 1 aliphatic heterocycles. The van der Waals surface area contributed by atoms with Crippen molar-refractivity contribution in [1.29, 1.82) is 0 Å². The van der Waals surface area contributed by atoms with E-state index in [2.05, 4.69) is 31.7 Å². The second-order valence-corrected chi connectivity index (χ2v) is 11.6. The minimum Gasteiger partial charge on any atom is -0.389 e. The Morgan fingerprint density at radius 3 is 2.46 bits per heavy atom. The van der Waals surface area contributed by atoms with Crippen LogP contribution in [-0.2, 0) is 0 Å². The SMILES string of the molecule is C/C=C1/[C@H](O)C[C@H]2[C@@H]3CCC4C[C@@H](N5CCCCC5)CC[C@]4(C)[C@H]3CC[C@]12C. The summed E-state index contributed by atoms with van der Waals surface area (Å²) in [5, 5.41) is 10.8. The molecular formula is C26H43NO. The Morgan fingerprint density at radius 1 is 0.929 bits per heavy atom. The van der Waals surface area contributed by atoms with Gasteiger partial charge in [0.1, 0.15) is 0 Å². The highest BCUT2D eigenvalue weighted by atomic mass is 16.3. The Balaban J connectivity index is 1.35. The molecule has 1 heterocycles. The van der Waals surface area contributed by atoms with Crippen molar-refractivity contribution in [2.45, 2.75) is 104 Å². The summed E-state index contributed by atoms with van der Waals surface area (Å²) in [6.07, 6.45) is 17.4. The van der Waals surface area contributed by atoms with Crippen molar-refractivity contribution < 1.29 is 5.11 Å². The molecule has 0 amide bonds. The predicted molar refractivity (Wildman–Crippen MR) is 116 cm³/mol. The summed E-state index contributed by atoms with van der Waals surface area (Å²) < 4.78 is 0. The summed E-state index contributed by atoms with van der Waals surface area (Å²) in [5.74, 6) is 3.45. The lowest BCUT2D eigenvalue weighted by atomic mass is 9.45. The first-order valence-electron chi connectivity index (χ1n) is 12.6. The van der Waals surface area contributed by atoms with Crippen molar-refractivity contribution in [3.05, 3.63) is 11.6 Å². The Morgan fingerprint density at radius 2 is 1.71 bits per heavy atom. The second kappa shape index (κ2) is 7.12. The Hall–Kier alpha value is -0.340. The molecule has 0 radical (unpaired) electrons. The minimum absolute atomic E-state index is 0.167. The van der Waals surface area contributed by atoms with E-state index in [1.165, 1.54) is 82.9 Å². The molecule has 1 saturated heterocycles. The molecule has 5 fully saturated rings. The monoisotopic (exact) mass is 385 g/mol. The van der Waals surface area contributed by atoms with Gasteiger partial charge < -0.3 is 10.0 Å². The van der Waals surface area contributed by atoms with Crippen LogP contribution in [0.5, 0.6) is 0 Å². The van der Waals surface area contributed by atoms with Gasteiger partial charge in [-0.15, -0.1) is 0 Å². The van der Waals surface area contributed by atoms with E-state index in [1.54, 1.807) is 0 Å². The number of likely N-dealkylation sites (tertiary alicyclic amines) is 1. The van der Waals surface area contributed by atoms with Crippen molar-refractivity contribution in [3.63, 3.8) is 0 Å². The molecule has 4 saturated carbocycles. The van der Waals surface area contributed by atoms with Crippen molar-refractivity contribution >= 4 is 0 Å². The number of hydrogen-bond donors (Lipinski definition) is 1. The Bertz CT molecular complexity index is 622. The van der Waals surface area contributed by atoms with Crippen molar-refractivity contribution in [2.75, 3.05) is 13.1 Å². The fourth-order valence-electron chi connectivity index (χ4n) is 9.23. The molecule has 28 heavy (non-hydrogen) atoms. The standard InChI is InChI=1S/C26H43NO/c1-4-21-24(28)17-23-20-9-8-18-16-19(27-14-6-5-7-15-27)10-12-25(18,2)22(20)11-13-26(21,23)3/h4,18-20,22-24,28H,5-17H2,1-3H3/b21-4-/t18?,19-,20+,22-,23-,24+,25-,26+/m0/s1. The van der Waals surface area contributed by atoms with Crippen LogP contribution in [0.25, 0.3) is 0 Å².